The van der Waals surface area contributed by atoms with Gasteiger partial charge in [-0.05, 0) is 18.7 Å². The molecule has 0 aliphatic carbocycles. The predicted molar refractivity (Wildman–Crippen MR) is 63.7 cm³/mol. The zero-order chi connectivity index (χ0) is 11.1. The standard InChI is InChI=1S/C11H16N2OS/c1-10(14)15-7-6-13(2)9-11-4-3-5-12-8-11/h3-5,8H,6-7,9H2,1-2H3. The van der Waals surface area contributed by atoms with E-state index in [4.69, 9.17) is 0 Å². The molecule has 0 aromatic carbocycles. The van der Waals surface area contributed by atoms with Gasteiger partial charge in [-0.15, -0.1) is 0 Å². The van der Waals surface area contributed by atoms with Gasteiger partial charge in [0.1, 0.15) is 0 Å². The van der Waals surface area contributed by atoms with Crippen molar-refractivity contribution in [3.63, 3.8) is 0 Å². The molecular weight excluding hydrogens is 208 g/mol. The summed E-state index contributed by atoms with van der Waals surface area (Å²) in [5, 5.41) is 0.185. The summed E-state index contributed by atoms with van der Waals surface area (Å²) < 4.78 is 0. The van der Waals surface area contributed by atoms with E-state index in [0.717, 1.165) is 18.8 Å². The molecule has 3 nitrogen and oxygen atoms in total. The Hall–Kier alpha value is -0.870. The van der Waals surface area contributed by atoms with Crippen molar-refractivity contribution in [3.8, 4) is 0 Å². The fraction of sp³-hybridized carbons (Fsp3) is 0.455. The zero-order valence-electron chi connectivity index (χ0n) is 9.14. The third-order valence-electron chi connectivity index (χ3n) is 1.95. The molecule has 0 N–H and O–H groups in total. The van der Waals surface area contributed by atoms with Gasteiger partial charge < -0.3 is 4.90 Å². The lowest BCUT2D eigenvalue weighted by molar-refractivity contribution is -0.109. The van der Waals surface area contributed by atoms with Crippen LogP contribution < -0.4 is 0 Å². The maximum atomic E-state index is 10.7. The Morgan fingerprint density at radius 2 is 2.40 bits per heavy atom. The molecule has 0 fully saturated rings. The smallest absolute Gasteiger partial charge is 0.185 e. The number of hydrogen-bond acceptors (Lipinski definition) is 4. The Balaban J connectivity index is 2.24. The van der Waals surface area contributed by atoms with Crippen LogP contribution >= 0.6 is 11.8 Å². The molecule has 1 aromatic heterocycles. The van der Waals surface area contributed by atoms with Gasteiger partial charge in [-0.25, -0.2) is 0 Å². The van der Waals surface area contributed by atoms with Crippen LogP contribution in [0.5, 0.6) is 0 Å². The zero-order valence-corrected chi connectivity index (χ0v) is 9.96. The van der Waals surface area contributed by atoms with Gasteiger partial charge in [0.2, 0.25) is 0 Å². The third kappa shape index (κ3) is 5.54. The molecule has 1 aromatic rings. The summed E-state index contributed by atoms with van der Waals surface area (Å²) in [6, 6.07) is 4.00. The molecular formula is C11H16N2OS. The second-order valence-corrected chi connectivity index (χ2v) is 4.71. The molecule has 0 bridgehead atoms. The van der Waals surface area contributed by atoms with Gasteiger partial charge >= 0.3 is 0 Å². The first-order valence-corrected chi connectivity index (χ1v) is 5.88. The molecule has 0 spiro atoms. The van der Waals surface area contributed by atoms with Gasteiger partial charge in [0.15, 0.2) is 5.12 Å². The first kappa shape index (κ1) is 12.2. The van der Waals surface area contributed by atoms with E-state index in [1.54, 1.807) is 13.1 Å². The van der Waals surface area contributed by atoms with Gasteiger partial charge in [0.25, 0.3) is 0 Å². The number of hydrogen-bond donors (Lipinski definition) is 0. The SMILES string of the molecule is CC(=O)SCCN(C)Cc1cccnc1. The average molecular weight is 224 g/mol. The first-order valence-electron chi connectivity index (χ1n) is 4.89. The summed E-state index contributed by atoms with van der Waals surface area (Å²) in [5.41, 5.74) is 1.20. The fourth-order valence-corrected chi connectivity index (χ4v) is 1.92. The molecule has 0 saturated carbocycles. The summed E-state index contributed by atoms with van der Waals surface area (Å²) in [7, 11) is 2.05. The van der Waals surface area contributed by atoms with Crippen LogP contribution in [0.15, 0.2) is 24.5 Å². The van der Waals surface area contributed by atoms with E-state index in [1.807, 2.05) is 19.3 Å². The molecule has 1 heterocycles. The number of carbonyl (C=O) groups excluding carboxylic acids is 1. The molecule has 0 saturated heterocycles. The van der Waals surface area contributed by atoms with Crippen LogP contribution in [0.1, 0.15) is 12.5 Å². The van der Waals surface area contributed by atoms with E-state index in [1.165, 1.54) is 17.3 Å². The van der Waals surface area contributed by atoms with Gasteiger partial charge in [-0.2, -0.15) is 0 Å². The fourth-order valence-electron chi connectivity index (χ4n) is 1.23. The molecule has 0 unspecified atom stereocenters. The molecule has 0 atom stereocenters. The van der Waals surface area contributed by atoms with E-state index < -0.39 is 0 Å². The highest BCUT2D eigenvalue weighted by molar-refractivity contribution is 8.13. The summed E-state index contributed by atoms with van der Waals surface area (Å²) in [4.78, 5) is 17.0. The summed E-state index contributed by atoms with van der Waals surface area (Å²) in [5.74, 6) is 0.853. The average Bonchev–Trinajstić information content (AvgIpc) is 2.18. The summed E-state index contributed by atoms with van der Waals surface area (Å²) in [6.45, 7) is 3.40. The monoisotopic (exact) mass is 224 g/mol. The highest BCUT2D eigenvalue weighted by atomic mass is 32.2. The first-order chi connectivity index (χ1) is 7.18. The van der Waals surface area contributed by atoms with Crippen LogP contribution in [0, 0.1) is 0 Å². The Morgan fingerprint density at radius 1 is 1.60 bits per heavy atom. The molecule has 4 heteroatoms. The minimum Gasteiger partial charge on any atom is -0.301 e. The van der Waals surface area contributed by atoms with Crippen LogP contribution in [-0.4, -0.2) is 34.3 Å². The van der Waals surface area contributed by atoms with Crippen molar-refractivity contribution in [2.45, 2.75) is 13.5 Å². The Kier molecular flexibility index (Phi) is 5.36. The van der Waals surface area contributed by atoms with Gasteiger partial charge in [-0.1, -0.05) is 17.8 Å². The van der Waals surface area contributed by atoms with E-state index >= 15 is 0 Å². The number of aromatic nitrogens is 1. The number of pyridine rings is 1. The topological polar surface area (TPSA) is 33.2 Å². The van der Waals surface area contributed by atoms with E-state index in [2.05, 4.69) is 16.0 Å². The lowest BCUT2D eigenvalue weighted by Crippen LogP contribution is -2.21. The second-order valence-electron chi connectivity index (χ2n) is 3.44. The molecule has 0 amide bonds. The Morgan fingerprint density at radius 3 is 3.00 bits per heavy atom. The summed E-state index contributed by atoms with van der Waals surface area (Å²) >= 11 is 1.37. The van der Waals surface area contributed by atoms with Crippen molar-refractivity contribution in [2.75, 3.05) is 19.3 Å². The van der Waals surface area contributed by atoms with Crippen molar-refractivity contribution >= 4 is 16.9 Å². The van der Waals surface area contributed by atoms with Crippen LogP contribution in [0.3, 0.4) is 0 Å². The van der Waals surface area contributed by atoms with Crippen molar-refractivity contribution in [2.24, 2.45) is 0 Å². The van der Waals surface area contributed by atoms with Crippen LogP contribution in [0.4, 0.5) is 0 Å². The molecule has 1 rings (SSSR count). The van der Waals surface area contributed by atoms with Crippen LogP contribution in [0.25, 0.3) is 0 Å². The maximum Gasteiger partial charge on any atom is 0.185 e. The van der Waals surface area contributed by atoms with Crippen molar-refractivity contribution in [1.82, 2.24) is 9.88 Å². The number of nitrogens with zero attached hydrogens (tertiary/aromatic N) is 2. The number of thioether (sulfide) groups is 1. The van der Waals surface area contributed by atoms with E-state index in [-0.39, 0.29) is 5.12 Å². The Labute approximate surface area is 94.9 Å². The van der Waals surface area contributed by atoms with Gasteiger partial charge in [-0.3, -0.25) is 9.78 Å². The van der Waals surface area contributed by atoms with Crippen molar-refractivity contribution in [3.05, 3.63) is 30.1 Å². The minimum absolute atomic E-state index is 0.185. The Bertz CT molecular complexity index is 303. The number of carbonyl (C=O) groups is 1. The lowest BCUT2D eigenvalue weighted by atomic mass is 10.3. The highest BCUT2D eigenvalue weighted by Gasteiger charge is 2.01. The van der Waals surface area contributed by atoms with Crippen molar-refractivity contribution < 1.29 is 4.79 Å². The van der Waals surface area contributed by atoms with Crippen LogP contribution in [0.2, 0.25) is 0 Å². The predicted octanol–water partition coefficient (Wildman–Crippen LogP) is 1.79. The molecule has 0 radical (unpaired) electrons. The lowest BCUT2D eigenvalue weighted by Gasteiger charge is -2.15. The number of rotatable bonds is 5. The largest absolute Gasteiger partial charge is 0.301 e. The molecule has 82 valence electrons. The van der Waals surface area contributed by atoms with Gasteiger partial charge in [0.05, 0.1) is 0 Å². The molecule has 0 aliphatic heterocycles. The third-order valence-corrected chi connectivity index (χ3v) is 2.75. The summed E-state index contributed by atoms with van der Waals surface area (Å²) in [6.07, 6.45) is 3.64. The molecule has 15 heavy (non-hydrogen) atoms. The van der Waals surface area contributed by atoms with E-state index in [9.17, 15) is 4.79 Å². The minimum atomic E-state index is 0.185. The highest BCUT2D eigenvalue weighted by Crippen LogP contribution is 2.04. The van der Waals surface area contributed by atoms with Crippen molar-refractivity contribution in [1.29, 1.82) is 0 Å². The van der Waals surface area contributed by atoms with Gasteiger partial charge in [0, 0.05) is 38.2 Å². The van der Waals surface area contributed by atoms with E-state index in [0.29, 0.717) is 0 Å². The van der Waals surface area contributed by atoms with Crippen LogP contribution in [-0.2, 0) is 11.3 Å². The quantitative estimate of drug-likeness (QED) is 0.763. The normalized spacial score (nSPS) is 10.6. The second kappa shape index (κ2) is 6.58. The maximum absolute atomic E-state index is 10.7. The molecule has 0 aliphatic rings.